The van der Waals surface area contributed by atoms with Crippen molar-refractivity contribution in [2.75, 3.05) is 0 Å². The van der Waals surface area contributed by atoms with Gasteiger partial charge in [-0.15, -0.1) is 0 Å². The zero-order valence-electron chi connectivity index (χ0n) is 13.4. The van der Waals surface area contributed by atoms with Crippen molar-refractivity contribution in [2.45, 2.75) is 25.3 Å². The lowest BCUT2D eigenvalue weighted by molar-refractivity contribution is -0.141. The molecule has 0 aliphatic rings. The van der Waals surface area contributed by atoms with Gasteiger partial charge in [0.1, 0.15) is 6.04 Å². The van der Waals surface area contributed by atoms with Crippen molar-refractivity contribution in [2.24, 2.45) is 0 Å². The number of carboxylic acids is 1. The molecule has 1 atom stereocenters. The zero-order chi connectivity index (χ0) is 19.3. The standard InChI is InChI=1S/C18H15Cl4NO3/c19-12-4-1-10(7-14(12)21)3-6-17(24)23-16(18(25)26)9-11-2-5-13(20)15(22)8-11/h1-2,4-5,7-8,16H,3,6,9H2,(H,23,24)(H,25,26). The molecule has 0 fully saturated rings. The number of hydrogen-bond donors (Lipinski definition) is 2. The number of amides is 1. The second-order valence-corrected chi connectivity index (χ2v) is 7.29. The maximum absolute atomic E-state index is 12.1. The first kappa shape index (κ1) is 20.8. The van der Waals surface area contributed by atoms with Crippen LogP contribution in [0.2, 0.25) is 20.1 Å². The van der Waals surface area contributed by atoms with E-state index in [0.29, 0.717) is 32.1 Å². The largest absolute Gasteiger partial charge is 0.480 e. The molecular formula is C18H15Cl4NO3. The smallest absolute Gasteiger partial charge is 0.326 e. The third kappa shape index (κ3) is 6.06. The summed E-state index contributed by atoms with van der Waals surface area (Å²) in [6.07, 6.45) is 0.648. The lowest BCUT2D eigenvalue weighted by atomic mass is 10.1. The molecule has 1 unspecified atom stereocenters. The molecule has 0 bridgehead atoms. The quantitative estimate of drug-likeness (QED) is 0.640. The van der Waals surface area contributed by atoms with Gasteiger partial charge in [0.05, 0.1) is 20.1 Å². The molecule has 2 aromatic rings. The molecule has 0 aliphatic heterocycles. The Balaban J connectivity index is 1.95. The van der Waals surface area contributed by atoms with E-state index in [2.05, 4.69) is 5.32 Å². The number of rotatable bonds is 7. The summed E-state index contributed by atoms with van der Waals surface area (Å²) in [5.41, 5.74) is 1.50. The average Bonchev–Trinajstić information content (AvgIpc) is 2.58. The van der Waals surface area contributed by atoms with E-state index >= 15 is 0 Å². The molecule has 0 heterocycles. The fraction of sp³-hybridized carbons (Fsp3) is 0.222. The minimum atomic E-state index is -1.13. The second kappa shape index (κ2) is 9.47. The van der Waals surface area contributed by atoms with Crippen LogP contribution in [0.1, 0.15) is 17.5 Å². The lowest BCUT2D eigenvalue weighted by Crippen LogP contribution is -2.42. The predicted molar refractivity (Wildman–Crippen MR) is 105 cm³/mol. The lowest BCUT2D eigenvalue weighted by Gasteiger charge is -2.15. The molecule has 26 heavy (non-hydrogen) atoms. The summed E-state index contributed by atoms with van der Waals surface area (Å²) in [5.74, 6) is -1.50. The first-order valence-corrected chi connectivity index (χ1v) is 9.17. The van der Waals surface area contributed by atoms with E-state index < -0.39 is 12.0 Å². The van der Waals surface area contributed by atoms with E-state index in [9.17, 15) is 14.7 Å². The Morgan fingerprint density at radius 2 is 1.42 bits per heavy atom. The van der Waals surface area contributed by atoms with Crippen LogP contribution >= 0.6 is 46.4 Å². The number of nitrogens with one attached hydrogen (secondary N) is 1. The third-order valence-electron chi connectivity index (χ3n) is 3.68. The normalized spacial score (nSPS) is 11.8. The molecule has 0 radical (unpaired) electrons. The fourth-order valence-electron chi connectivity index (χ4n) is 2.32. The maximum atomic E-state index is 12.1. The minimum Gasteiger partial charge on any atom is -0.480 e. The topological polar surface area (TPSA) is 66.4 Å². The minimum absolute atomic E-state index is 0.102. The Morgan fingerprint density at radius 1 is 0.885 bits per heavy atom. The molecule has 0 aliphatic carbocycles. The van der Waals surface area contributed by atoms with E-state index in [4.69, 9.17) is 46.4 Å². The summed E-state index contributed by atoms with van der Waals surface area (Å²) in [4.78, 5) is 23.6. The van der Waals surface area contributed by atoms with Gasteiger partial charge in [-0.1, -0.05) is 58.5 Å². The van der Waals surface area contributed by atoms with Gasteiger partial charge in [0.25, 0.3) is 0 Å². The molecule has 0 aromatic heterocycles. The van der Waals surface area contributed by atoms with Crippen LogP contribution in [-0.2, 0) is 22.4 Å². The monoisotopic (exact) mass is 433 g/mol. The van der Waals surface area contributed by atoms with Crippen molar-refractivity contribution in [3.05, 3.63) is 67.6 Å². The number of carbonyl (C=O) groups excluding carboxylic acids is 1. The Bertz CT molecular complexity index is 826. The average molecular weight is 435 g/mol. The predicted octanol–water partition coefficient (Wildman–Crippen LogP) is 5.04. The van der Waals surface area contributed by atoms with Gasteiger partial charge in [0.15, 0.2) is 0 Å². The molecule has 8 heteroatoms. The summed E-state index contributed by atoms with van der Waals surface area (Å²) >= 11 is 23.6. The van der Waals surface area contributed by atoms with Crippen LogP contribution in [0.5, 0.6) is 0 Å². The van der Waals surface area contributed by atoms with E-state index in [-0.39, 0.29) is 18.7 Å². The van der Waals surface area contributed by atoms with Crippen molar-refractivity contribution in [1.82, 2.24) is 5.32 Å². The second-order valence-electron chi connectivity index (χ2n) is 5.66. The Hall–Kier alpha value is -1.46. The van der Waals surface area contributed by atoms with Crippen LogP contribution in [-0.4, -0.2) is 23.0 Å². The maximum Gasteiger partial charge on any atom is 0.326 e. The molecular weight excluding hydrogens is 420 g/mol. The molecule has 0 saturated carbocycles. The summed E-state index contributed by atoms with van der Waals surface area (Å²) in [7, 11) is 0. The van der Waals surface area contributed by atoms with E-state index in [1.54, 1.807) is 36.4 Å². The van der Waals surface area contributed by atoms with E-state index in [1.165, 1.54) is 0 Å². The number of aryl methyl sites for hydroxylation is 1. The fourth-order valence-corrected chi connectivity index (χ4v) is 2.96. The van der Waals surface area contributed by atoms with Crippen molar-refractivity contribution in [1.29, 1.82) is 0 Å². The highest BCUT2D eigenvalue weighted by atomic mass is 35.5. The van der Waals surface area contributed by atoms with Gasteiger partial charge in [0.2, 0.25) is 5.91 Å². The van der Waals surface area contributed by atoms with Crippen LogP contribution in [0.4, 0.5) is 0 Å². The molecule has 2 aromatic carbocycles. The summed E-state index contributed by atoms with van der Waals surface area (Å²) in [6, 6.07) is 8.89. The van der Waals surface area contributed by atoms with Gasteiger partial charge < -0.3 is 10.4 Å². The molecule has 0 saturated heterocycles. The van der Waals surface area contributed by atoms with Gasteiger partial charge in [-0.2, -0.15) is 0 Å². The van der Waals surface area contributed by atoms with Crippen molar-refractivity contribution in [3.8, 4) is 0 Å². The zero-order valence-corrected chi connectivity index (χ0v) is 16.5. The molecule has 1 amide bonds. The van der Waals surface area contributed by atoms with Crippen molar-refractivity contribution in [3.63, 3.8) is 0 Å². The number of hydrogen-bond acceptors (Lipinski definition) is 2. The number of carboxylic acid groups (broad SMARTS) is 1. The highest BCUT2D eigenvalue weighted by molar-refractivity contribution is 6.42. The Kier molecular flexibility index (Phi) is 7.59. The highest BCUT2D eigenvalue weighted by Gasteiger charge is 2.20. The first-order valence-electron chi connectivity index (χ1n) is 7.66. The van der Waals surface area contributed by atoms with Gasteiger partial charge in [0, 0.05) is 12.8 Å². The summed E-state index contributed by atoms with van der Waals surface area (Å²) < 4.78 is 0. The van der Waals surface area contributed by atoms with E-state index in [0.717, 1.165) is 5.56 Å². The van der Waals surface area contributed by atoms with Gasteiger partial charge in [-0.05, 0) is 41.8 Å². The molecule has 0 spiro atoms. The van der Waals surface area contributed by atoms with Crippen molar-refractivity contribution >= 4 is 58.3 Å². The Labute approximate surface area is 171 Å². The van der Waals surface area contributed by atoms with Gasteiger partial charge in [-0.3, -0.25) is 4.79 Å². The molecule has 138 valence electrons. The summed E-state index contributed by atoms with van der Waals surface area (Å²) in [5, 5.41) is 13.4. The Morgan fingerprint density at radius 3 is 1.96 bits per heavy atom. The molecule has 2 N–H and O–H groups in total. The molecule has 2 rings (SSSR count). The summed E-state index contributed by atoms with van der Waals surface area (Å²) in [6.45, 7) is 0. The SMILES string of the molecule is O=C(CCc1ccc(Cl)c(Cl)c1)NC(Cc1ccc(Cl)c(Cl)c1)C(=O)O. The molecule has 4 nitrogen and oxygen atoms in total. The van der Waals surface area contributed by atoms with Crippen LogP contribution in [0.25, 0.3) is 0 Å². The highest BCUT2D eigenvalue weighted by Crippen LogP contribution is 2.24. The van der Waals surface area contributed by atoms with Crippen LogP contribution < -0.4 is 5.32 Å². The number of benzene rings is 2. The third-order valence-corrected chi connectivity index (χ3v) is 5.16. The van der Waals surface area contributed by atoms with Gasteiger partial charge >= 0.3 is 5.97 Å². The number of carbonyl (C=O) groups is 2. The van der Waals surface area contributed by atoms with Crippen LogP contribution in [0.3, 0.4) is 0 Å². The number of halogens is 4. The van der Waals surface area contributed by atoms with Crippen LogP contribution in [0.15, 0.2) is 36.4 Å². The van der Waals surface area contributed by atoms with E-state index in [1.807, 2.05) is 0 Å². The van der Waals surface area contributed by atoms with Crippen LogP contribution in [0, 0.1) is 0 Å². The van der Waals surface area contributed by atoms with Crippen molar-refractivity contribution < 1.29 is 14.7 Å². The first-order chi connectivity index (χ1) is 12.3. The van der Waals surface area contributed by atoms with Gasteiger partial charge in [-0.25, -0.2) is 4.79 Å². The number of aliphatic carboxylic acids is 1.